The van der Waals surface area contributed by atoms with Crippen molar-refractivity contribution in [3.8, 4) is 11.5 Å². The molecule has 1 aliphatic rings. The Hall–Kier alpha value is -1.72. The number of hydrogen-bond donors (Lipinski definition) is 1. The van der Waals surface area contributed by atoms with Gasteiger partial charge in [0, 0.05) is 16.7 Å². The summed E-state index contributed by atoms with van der Waals surface area (Å²) in [5.41, 5.74) is 0.822. The molecule has 4 nitrogen and oxygen atoms in total. The highest BCUT2D eigenvalue weighted by atomic mass is 32.2. The molecule has 0 bridgehead atoms. The van der Waals surface area contributed by atoms with E-state index < -0.39 is 0 Å². The molecule has 2 heterocycles. The van der Waals surface area contributed by atoms with Crippen molar-refractivity contribution in [3.05, 3.63) is 42.1 Å². The molecule has 2 aromatic rings. The topological polar surface area (TPSA) is 51.6 Å². The van der Waals surface area contributed by atoms with E-state index in [0.717, 1.165) is 27.0 Å². The normalized spacial score (nSPS) is 13.3. The van der Waals surface area contributed by atoms with Crippen LogP contribution in [0.15, 0.2) is 46.5 Å². The second-order valence-electron chi connectivity index (χ2n) is 4.03. The maximum absolute atomic E-state index is 9.29. The summed E-state index contributed by atoms with van der Waals surface area (Å²) in [5.74, 6) is 1.54. The maximum atomic E-state index is 9.29. The zero-order valence-electron chi connectivity index (χ0n) is 10.2. The third kappa shape index (κ3) is 2.67. The minimum atomic E-state index is -0.0132. The molecule has 0 saturated heterocycles. The highest BCUT2D eigenvalue weighted by Crippen LogP contribution is 2.37. The number of rotatable bonds is 3. The molecular weight excluding hydrogens is 262 g/mol. The van der Waals surface area contributed by atoms with E-state index >= 15 is 0 Å². The number of hydrogen-bond acceptors (Lipinski definition) is 5. The van der Waals surface area contributed by atoms with Gasteiger partial charge >= 0.3 is 0 Å². The molecule has 0 atom stereocenters. The third-order valence-electron chi connectivity index (χ3n) is 2.75. The fourth-order valence-electron chi connectivity index (χ4n) is 1.84. The smallest absolute Gasteiger partial charge is 0.162 e. The number of nitrogens with zero attached hydrogens (tertiary/aromatic N) is 1. The van der Waals surface area contributed by atoms with Crippen molar-refractivity contribution in [2.75, 3.05) is 13.2 Å². The SMILES string of the molecule is OCc1cccnc1Sc1ccc2c(c1)OCCO2. The Morgan fingerprint density at radius 3 is 2.84 bits per heavy atom. The van der Waals surface area contributed by atoms with Crippen LogP contribution < -0.4 is 9.47 Å². The van der Waals surface area contributed by atoms with E-state index in [2.05, 4.69) is 4.98 Å². The van der Waals surface area contributed by atoms with Gasteiger partial charge in [-0.1, -0.05) is 17.8 Å². The highest BCUT2D eigenvalue weighted by Gasteiger charge is 2.13. The minimum Gasteiger partial charge on any atom is -0.486 e. The van der Waals surface area contributed by atoms with E-state index in [4.69, 9.17) is 9.47 Å². The maximum Gasteiger partial charge on any atom is 0.162 e. The van der Waals surface area contributed by atoms with Gasteiger partial charge in [-0.05, 0) is 24.3 Å². The number of aromatic nitrogens is 1. The summed E-state index contributed by atoms with van der Waals surface area (Å²) < 4.78 is 11.0. The van der Waals surface area contributed by atoms with Gasteiger partial charge in [-0.25, -0.2) is 4.98 Å². The highest BCUT2D eigenvalue weighted by molar-refractivity contribution is 7.99. The zero-order valence-corrected chi connectivity index (χ0v) is 11.0. The Balaban J connectivity index is 1.87. The Morgan fingerprint density at radius 1 is 1.16 bits per heavy atom. The van der Waals surface area contributed by atoms with E-state index in [1.165, 1.54) is 11.8 Å². The van der Waals surface area contributed by atoms with E-state index in [0.29, 0.717) is 13.2 Å². The van der Waals surface area contributed by atoms with Gasteiger partial charge in [0.15, 0.2) is 11.5 Å². The Kier molecular flexibility index (Phi) is 3.57. The summed E-state index contributed by atoms with van der Waals surface area (Å²) in [6.07, 6.45) is 1.72. The quantitative estimate of drug-likeness (QED) is 0.932. The van der Waals surface area contributed by atoms with Crippen LogP contribution in [0.1, 0.15) is 5.56 Å². The molecule has 98 valence electrons. The van der Waals surface area contributed by atoms with Crippen molar-refractivity contribution in [1.29, 1.82) is 0 Å². The minimum absolute atomic E-state index is 0.0132. The van der Waals surface area contributed by atoms with Crippen molar-refractivity contribution >= 4 is 11.8 Å². The molecule has 19 heavy (non-hydrogen) atoms. The largest absolute Gasteiger partial charge is 0.486 e. The molecule has 0 fully saturated rings. The molecule has 1 aromatic heterocycles. The van der Waals surface area contributed by atoms with Crippen molar-refractivity contribution in [1.82, 2.24) is 4.98 Å². The van der Waals surface area contributed by atoms with Gasteiger partial charge < -0.3 is 14.6 Å². The molecule has 0 aliphatic carbocycles. The average Bonchev–Trinajstić information content (AvgIpc) is 2.48. The number of benzene rings is 1. The first-order valence-electron chi connectivity index (χ1n) is 5.99. The van der Waals surface area contributed by atoms with Crippen LogP contribution in [-0.4, -0.2) is 23.3 Å². The summed E-state index contributed by atoms with van der Waals surface area (Å²) in [5, 5.41) is 10.1. The molecule has 0 unspecified atom stereocenters. The lowest BCUT2D eigenvalue weighted by Gasteiger charge is -2.18. The zero-order chi connectivity index (χ0) is 13.1. The Bertz CT molecular complexity index is 589. The van der Waals surface area contributed by atoms with Crippen LogP contribution in [0.5, 0.6) is 11.5 Å². The molecule has 1 N–H and O–H groups in total. The molecule has 1 aromatic carbocycles. The molecule has 1 aliphatic heterocycles. The lowest BCUT2D eigenvalue weighted by Crippen LogP contribution is -2.15. The first kappa shape index (κ1) is 12.3. The average molecular weight is 275 g/mol. The number of pyridine rings is 1. The number of aliphatic hydroxyl groups is 1. The van der Waals surface area contributed by atoms with Gasteiger partial charge in [-0.2, -0.15) is 0 Å². The van der Waals surface area contributed by atoms with Crippen LogP contribution in [0.25, 0.3) is 0 Å². The number of aliphatic hydroxyl groups excluding tert-OH is 1. The van der Waals surface area contributed by atoms with Crippen molar-refractivity contribution in [3.63, 3.8) is 0 Å². The van der Waals surface area contributed by atoms with Gasteiger partial charge in [0.1, 0.15) is 18.2 Å². The molecule has 3 rings (SSSR count). The van der Waals surface area contributed by atoms with Crippen molar-refractivity contribution in [2.24, 2.45) is 0 Å². The van der Waals surface area contributed by atoms with E-state index in [1.54, 1.807) is 6.20 Å². The summed E-state index contributed by atoms with van der Waals surface area (Å²) in [6.45, 7) is 1.15. The Morgan fingerprint density at radius 2 is 2.00 bits per heavy atom. The molecule has 0 saturated carbocycles. The summed E-state index contributed by atoms with van der Waals surface area (Å²) in [7, 11) is 0. The fourth-order valence-corrected chi connectivity index (χ4v) is 2.74. The lowest BCUT2D eigenvalue weighted by molar-refractivity contribution is 0.171. The van der Waals surface area contributed by atoms with Crippen molar-refractivity contribution < 1.29 is 14.6 Å². The van der Waals surface area contributed by atoms with Gasteiger partial charge in [-0.15, -0.1) is 0 Å². The number of ether oxygens (including phenoxy) is 2. The van der Waals surface area contributed by atoms with E-state index in [-0.39, 0.29) is 6.61 Å². The second-order valence-corrected chi connectivity index (χ2v) is 5.10. The van der Waals surface area contributed by atoms with Crippen LogP contribution in [0, 0.1) is 0 Å². The molecule has 0 radical (unpaired) electrons. The van der Waals surface area contributed by atoms with Gasteiger partial charge in [0.05, 0.1) is 6.61 Å². The summed E-state index contributed by atoms with van der Waals surface area (Å²) >= 11 is 1.50. The van der Waals surface area contributed by atoms with E-state index in [9.17, 15) is 5.11 Å². The lowest BCUT2D eigenvalue weighted by atomic mass is 10.3. The van der Waals surface area contributed by atoms with Crippen molar-refractivity contribution in [2.45, 2.75) is 16.5 Å². The van der Waals surface area contributed by atoms with Gasteiger partial charge in [0.2, 0.25) is 0 Å². The first-order chi connectivity index (χ1) is 9.36. The molecule has 0 amide bonds. The monoisotopic (exact) mass is 275 g/mol. The van der Waals surface area contributed by atoms with Crippen LogP contribution >= 0.6 is 11.8 Å². The first-order valence-corrected chi connectivity index (χ1v) is 6.81. The van der Waals surface area contributed by atoms with Gasteiger partial charge in [-0.3, -0.25) is 0 Å². The summed E-state index contributed by atoms with van der Waals surface area (Å²) in [6, 6.07) is 9.49. The van der Waals surface area contributed by atoms with Gasteiger partial charge in [0.25, 0.3) is 0 Å². The Labute approximate surface area is 115 Å². The standard InChI is InChI=1S/C14H13NO3S/c16-9-10-2-1-5-15-14(10)19-11-3-4-12-13(8-11)18-7-6-17-12/h1-5,8,16H,6-7,9H2. The molecule has 0 spiro atoms. The molecular formula is C14H13NO3S. The van der Waals surface area contributed by atoms with Crippen LogP contribution in [0.4, 0.5) is 0 Å². The van der Waals surface area contributed by atoms with Crippen LogP contribution in [-0.2, 0) is 6.61 Å². The van der Waals surface area contributed by atoms with Crippen LogP contribution in [0.2, 0.25) is 0 Å². The van der Waals surface area contributed by atoms with Crippen LogP contribution in [0.3, 0.4) is 0 Å². The predicted octanol–water partition coefficient (Wildman–Crippen LogP) is 2.50. The summed E-state index contributed by atoms with van der Waals surface area (Å²) in [4.78, 5) is 5.30. The number of fused-ring (bicyclic) bond motifs is 1. The molecule has 5 heteroatoms. The third-order valence-corrected chi connectivity index (χ3v) is 3.80. The second kappa shape index (κ2) is 5.50. The van der Waals surface area contributed by atoms with E-state index in [1.807, 2.05) is 30.3 Å². The predicted molar refractivity (Wildman–Crippen MR) is 71.7 cm³/mol. The fraction of sp³-hybridized carbons (Fsp3) is 0.214.